The third kappa shape index (κ3) is 3.45. The zero-order valence-electron chi connectivity index (χ0n) is 12.5. The first-order valence-electron chi connectivity index (χ1n) is 7.70. The molecule has 1 aromatic carbocycles. The molecule has 0 spiro atoms. The number of fused-ring (bicyclic) bond motifs is 1. The van der Waals surface area contributed by atoms with E-state index in [4.69, 9.17) is 4.74 Å². The molecule has 0 aromatic heterocycles. The van der Waals surface area contributed by atoms with Gasteiger partial charge in [0.25, 0.3) is 0 Å². The van der Waals surface area contributed by atoms with Gasteiger partial charge in [0, 0.05) is 38.3 Å². The standard InChI is InChI=1S/C16H21N3O3/c20-15(17-5-6-19-7-9-22-10-8-19)11-13-12-3-1-2-4-14(12)18-16(13)21/h1-4,13H,5-11H2,(H,17,20)(H,18,21). The third-order valence-corrected chi connectivity index (χ3v) is 4.15. The fourth-order valence-corrected chi connectivity index (χ4v) is 2.91. The molecule has 22 heavy (non-hydrogen) atoms. The summed E-state index contributed by atoms with van der Waals surface area (Å²) in [5.41, 5.74) is 1.73. The van der Waals surface area contributed by atoms with E-state index < -0.39 is 0 Å². The average Bonchev–Trinajstić information content (AvgIpc) is 2.84. The van der Waals surface area contributed by atoms with Crippen molar-refractivity contribution in [2.75, 3.05) is 44.7 Å². The lowest BCUT2D eigenvalue weighted by atomic mass is 9.97. The molecule has 6 nitrogen and oxygen atoms in total. The van der Waals surface area contributed by atoms with Crippen LogP contribution in [0.2, 0.25) is 0 Å². The Hall–Kier alpha value is -1.92. The number of para-hydroxylation sites is 1. The lowest BCUT2D eigenvalue weighted by Crippen LogP contribution is -2.41. The number of benzene rings is 1. The summed E-state index contributed by atoms with van der Waals surface area (Å²) in [5.74, 6) is -0.547. The number of nitrogens with zero attached hydrogens (tertiary/aromatic N) is 1. The van der Waals surface area contributed by atoms with Crippen molar-refractivity contribution in [2.24, 2.45) is 0 Å². The molecule has 2 amide bonds. The van der Waals surface area contributed by atoms with Gasteiger partial charge in [0.15, 0.2) is 0 Å². The van der Waals surface area contributed by atoms with E-state index in [1.54, 1.807) is 0 Å². The van der Waals surface area contributed by atoms with Gasteiger partial charge in [-0.05, 0) is 11.6 Å². The van der Waals surface area contributed by atoms with Crippen molar-refractivity contribution in [3.63, 3.8) is 0 Å². The Kier molecular flexibility index (Phi) is 4.70. The van der Waals surface area contributed by atoms with Crippen LogP contribution in [0.5, 0.6) is 0 Å². The second-order valence-electron chi connectivity index (χ2n) is 5.64. The molecule has 1 atom stereocenters. The summed E-state index contributed by atoms with van der Waals surface area (Å²) >= 11 is 0. The van der Waals surface area contributed by atoms with E-state index in [-0.39, 0.29) is 24.2 Å². The van der Waals surface area contributed by atoms with Crippen LogP contribution in [0.15, 0.2) is 24.3 Å². The summed E-state index contributed by atoms with van der Waals surface area (Å²) in [6.07, 6.45) is 0.200. The number of carbonyl (C=O) groups excluding carboxylic acids is 2. The molecular weight excluding hydrogens is 282 g/mol. The third-order valence-electron chi connectivity index (χ3n) is 4.15. The van der Waals surface area contributed by atoms with Crippen LogP contribution in [-0.4, -0.2) is 56.1 Å². The highest BCUT2D eigenvalue weighted by Crippen LogP contribution is 2.34. The summed E-state index contributed by atoms with van der Waals surface area (Å²) in [4.78, 5) is 26.3. The molecule has 3 rings (SSSR count). The SMILES string of the molecule is O=C(CC1C(=O)Nc2ccccc21)NCCN1CCOCC1. The lowest BCUT2D eigenvalue weighted by Gasteiger charge is -2.26. The number of hydrogen-bond acceptors (Lipinski definition) is 4. The maximum Gasteiger partial charge on any atom is 0.232 e. The molecule has 1 fully saturated rings. The maximum absolute atomic E-state index is 12.1. The average molecular weight is 303 g/mol. The van der Waals surface area contributed by atoms with Crippen molar-refractivity contribution in [1.82, 2.24) is 10.2 Å². The number of nitrogens with one attached hydrogen (secondary N) is 2. The predicted octanol–water partition coefficient (Wildman–Crippen LogP) is 0.561. The molecular formula is C16H21N3O3. The highest BCUT2D eigenvalue weighted by atomic mass is 16.5. The van der Waals surface area contributed by atoms with Crippen LogP contribution in [0.4, 0.5) is 5.69 Å². The zero-order chi connectivity index (χ0) is 15.4. The van der Waals surface area contributed by atoms with E-state index in [1.807, 2.05) is 24.3 Å². The second kappa shape index (κ2) is 6.89. The minimum absolute atomic E-state index is 0.0786. The zero-order valence-corrected chi connectivity index (χ0v) is 12.5. The minimum atomic E-state index is -0.375. The van der Waals surface area contributed by atoms with Crippen molar-refractivity contribution in [1.29, 1.82) is 0 Å². The largest absolute Gasteiger partial charge is 0.379 e. The first-order chi connectivity index (χ1) is 10.7. The molecule has 2 aliphatic rings. The van der Waals surface area contributed by atoms with Gasteiger partial charge in [0.2, 0.25) is 11.8 Å². The molecule has 0 bridgehead atoms. The fourth-order valence-electron chi connectivity index (χ4n) is 2.91. The van der Waals surface area contributed by atoms with Gasteiger partial charge >= 0.3 is 0 Å². The first kappa shape index (κ1) is 15.0. The summed E-state index contributed by atoms with van der Waals surface area (Å²) in [6, 6.07) is 7.54. The molecule has 0 radical (unpaired) electrons. The Bertz CT molecular complexity index is 555. The molecule has 2 N–H and O–H groups in total. The number of morpholine rings is 1. The van der Waals surface area contributed by atoms with Crippen LogP contribution < -0.4 is 10.6 Å². The fraction of sp³-hybridized carbons (Fsp3) is 0.500. The van der Waals surface area contributed by atoms with Crippen molar-refractivity contribution < 1.29 is 14.3 Å². The number of anilines is 1. The Labute approximate surface area is 129 Å². The van der Waals surface area contributed by atoms with E-state index in [9.17, 15) is 9.59 Å². The molecule has 1 unspecified atom stereocenters. The predicted molar refractivity (Wildman–Crippen MR) is 82.7 cm³/mol. The summed E-state index contributed by atoms with van der Waals surface area (Å²) in [5, 5.41) is 5.73. The van der Waals surface area contributed by atoms with Gasteiger partial charge in [0.05, 0.1) is 19.1 Å². The molecule has 118 valence electrons. The van der Waals surface area contributed by atoms with Gasteiger partial charge in [-0.25, -0.2) is 0 Å². The highest BCUT2D eigenvalue weighted by molar-refractivity contribution is 6.04. The Morgan fingerprint density at radius 3 is 2.91 bits per heavy atom. The number of hydrogen-bond donors (Lipinski definition) is 2. The molecule has 0 saturated carbocycles. The molecule has 1 saturated heterocycles. The summed E-state index contributed by atoms with van der Waals surface area (Å²) in [7, 11) is 0. The number of amides is 2. The van der Waals surface area contributed by atoms with E-state index >= 15 is 0 Å². The van der Waals surface area contributed by atoms with E-state index in [0.29, 0.717) is 6.54 Å². The second-order valence-corrected chi connectivity index (χ2v) is 5.64. The van der Waals surface area contributed by atoms with Crippen molar-refractivity contribution in [3.8, 4) is 0 Å². The summed E-state index contributed by atoms with van der Waals surface area (Å²) in [6.45, 7) is 4.76. The maximum atomic E-state index is 12.1. The van der Waals surface area contributed by atoms with Gasteiger partial charge < -0.3 is 15.4 Å². The van der Waals surface area contributed by atoms with Gasteiger partial charge in [0.1, 0.15) is 0 Å². The van der Waals surface area contributed by atoms with Crippen LogP contribution in [0.1, 0.15) is 17.9 Å². The first-order valence-corrected chi connectivity index (χ1v) is 7.70. The van der Waals surface area contributed by atoms with E-state index in [0.717, 1.165) is 44.1 Å². The van der Waals surface area contributed by atoms with Gasteiger partial charge in [-0.15, -0.1) is 0 Å². The van der Waals surface area contributed by atoms with Gasteiger partial charge in [-0.1, -0.05) is 18.2 Å². The van der Waals surface area contributed by atoms with Crippen LogP contribution in [0, 0.1) is 0 Å². The van der Waals surface area contributed by atoms with Crippen molar-refractivity contribution >= 4 is 17.5 Å². The van der Waals surface area contributed by atoms with Crippen LogP contribution >= 0.6 is 0 Å². The van der Waals surface area contributed by atoms with Crippen LogP contribution in [0.25, 0.3) is 0 Å². The van der Waals surface area contributed by atoms with Gasteiger partial charge in [-0.3, -0.25) is 14.5 Å². The van der Waals surface area contributed by atoms with Gasteiger partial charge in [-0.2, -0.15) is 0 Å². The minimum Gasteiger partial charge on any atom is -0.379 e. The van der Waals surface area contributed by atoms with Crippen molar-refractivity contribution in [2.45, 2.75) is 12.3 Å². The summed E-state index contributed by atoms with van der Waals surface area (Å²) < 4.78 is 5.29. The monoisotopic (exact) mass is 303 g/mol. The molecule has 2 aliphatic heterocycles. The van der Waals surface area contributed by atoms with Crippen LogP contribution in [-0.2, 0) is 14.3 Å². The Morgan fingerprint density at radius 1 is 1.32 bits per heavy atom. The highest BCUT2D eigenvalue weighted by Gasteiger charge is 2.31. The lowest BCUT2D eigenvalue weighted by molar-refractivity contribution is -0.125. The van der Waals surface area contributed by atoms with E-state index in [1.165, 1.54) is 0 Å². The topological polar surface area (TPSA) is 70.7 Å². The molecule has 0 aliphatic carbocycles. The smallest absolute Gasteiger partial charge is 0.232 e. The number of rotatable bonds is 5. The quantitative estimate of drug-likeness (QED) is 0.834. The Morgan fingerprint density at radius 2 is 2.09 bits per heavy atom. The molecule has 6 heteroatoms. The molecule has 1 aromatic rings. The normalized spacial score (nSPS) is 21.3. The Balaban J connectivity index is 1.46. The molecule has 2 heterocycles. The van der Waals surface area contributed by atoms with Crippen molar-refractivity contribution in [3.05, 3.63) is 29.8 Å². The number of ether oxygens (including phenoxy) is 1. The number of carbonyl (C=O) groups is 2. The van der Waals surface area contributed by atoms with E-state index in [2.05, 4.69) is 15.5 Å². The van der Waals surface area contributed by atoms with Crippen LogP contribution in [0.3, 0.4) is 0 Å².